The van der Waals surface area contributed by atoms with E-state index in [1.54, 1.807) is 6.07 Å². The van der Waals surface area contributed by atoms with Crippen molar-refractivity contribution >= 4 is 49.4 Å². The lowest BCUT2D eigenvalue weighted by Crippen LogP contribution is -2.25. The fourth-order valence-electron chi connectivity index (χ4n) is 1.50. The van der Waals surface area contributed by atoms with Gasteiger partial charge in [0.1, 0.15) is 0 Å². The van der Waals surface area contributed by atoms with Gasteiger partial charge in [0.05, 0.1) is 5.56 Å². The monoisotopic (exact) mass is 395 g/mol. The number of carbonyl (C=O) groups is 1. The van der Waals surface area contributed by atoms with Crippen molar-refractivity contribution < 1.29 is 4.79 Å². The number of carbonyl (C=O) groups excluding carboxylic acids is 1. The molecule has 0 aliphatic carbocycles. The third-order valence-corrected chi connectivity index (χ3v) is 4.27. The second-order valence-electron chi connectivity index (χ2n) is 4.28. The van der Waals surface area contributed by atoms with Gasteiger partial charge >= 0.3 is 0 Å². The number of alkyl halides is 1. The standard InChI is InChI=1S/C13H16Br2ClNO/c1-9(8-16)3-2-6-17-13(18)11-5-4-10(14)7-12(11)15/h4-5,7,9H,2-3,6,8H2,1H3,(H,17,18). The minimum Gasteiger partial charge on any atom is -0.352 e. The van der Waals surface area contributed by atoms with E-state index in [1.165, 1.54) is 0 Å². The highest BCUT2D eigenvalue weighted by molar-refractivity contribution is 9.11. The van der Waals surface area contributed by atoms with Crippen molar-refractivity contribution in [1.29, 1.82) is 0 Å². The molecule has 0 aliphatic rings. The summed E-state index contributed by atoms with van der Waals surface area (Å²) < 4.78 is 1.74. The van der Waals surface area contributed by atoms with Crippen LogP contribution >= 0.6 is 43.5 Å². The van der Waals surface area contributed by atoms with Crippen LogP contribution in [0.25, 0.3) is 0 Å². The average Bonchev–Trinajstić information content (AvgIpc) is 2.34. The van der Waals surface area contributed by atoms with Gasteiger partial charge in [-0.3, -0.25) is 4.79 Å². The second-order valence-corrected chi connectivity index (χ2v) is 6.36. The normalized spacial score (nSPS) is 12.2. The van der Waals surface area contributed by atoms with Crippen LogP contribution in [0.2, 0.25) is 0 Å². The highest BCUT2D eigenvalue weighted by atomic mass is 79.9. The molecular weight excluding hydrogens is 381 g/mol. The molecule has 0 spiro atoms. The SMILES string of the molecule is CC(CCl)CCCNC(=O)c1ccc(Br)cc1Br. The first kappa shape index (κ1) is 16.0. The van der Waals surface area contributed by atoms with Gasteiger partial charge in [0.25, 0.3) is 5.91 Å². The second kappa shape index (κ2) is 8.18. The molecule has 1 aromatic carbocycles. The van der Waals surface area contributed by atoms with Crippen molar-refractivity contribution in [1.82, 2.24) is 5.32 Å². The number of halogens is 3. The number of amides is 1. The molecule has 18 heavy (non-hydrogen) atoms. The molecule has 5 heteroatoms. The van der Waals surface area contributed by atoms with Crippen molar-refractivity contribution in [3.63, 3.8) is 0 Å². The minimum atomic E-state index is -0.0482. The Morgan fingerprint density at radius 3 is 2.78 bits per heavy atom. The molecule has 1 atom stereocenters. The smallest absolute Gasteiger partial charge is 0.252 e. The molecular formula is C13H16Br2ClNO. The molecule has 0 fully saturated rings. The zero-order valence-corrected chi connectivity index (χ0v) is 14.1. The molecule has 2 nitrogen and oxygen atoms in total. The summed E-state index contributed by atoms with van der Waals surface area (Å²) in [6, 6.07) is 5.52. The molecule has 0 heterocycles. The number of rotatable bonds is 6. The molecule has 0 saturated heterocycles. The van der Waals surface area contributed by atoms with E-state index >= 15 is 0 Å². The topological polar surface area (TPSA) is 29.1 Å². The molecule has 0 saturated carbocycles. The maximum Gasteiger partial charge on any atom is 0.252 e. The van der Waals surface area contributed by atoms with E-state index in [9.17, 15) is 4.79 Å². The Morgan fingerprint density at radius 1 is 1.44 bits per heavy atom. The molecule has 100 valence electrons. The van der Waals surface area contributed by atoms with Crippen LogP contribution in [0.1, 0.15) is 30.1 Å². The van der Waals surface area contributed by atoms with Gasteiger partial charge < -0.3 is 5.32 Å². The Balaban J connectivity index is 2.41. The van der Waals surface area contributed by atoms with Crippen molar-refractivity contribution in [3.05, 3.63) is 32.7 Å². The van der Waals surface area contributed by atoms with Crippen LogP contribution in [0.15, 0.2) is 27.1 Å². The third-order valence-electron chi connectivity index (χ3n) is 2.60. The summed E-state index contributed by atoms with van der Waals surface area (Å²) in [5.74, 6) is 1.13. The van der Waals surface area contributed by atoms with E-state index in [2.05, 4.69) is 44.1 Å². The van der Waals surface area contributed by atoms with E-state index in [4.69, 9.17) is 11.6 Å². The summed E-state index contributed by atoms with van der Waals surface area (Å²) in [5.41, 5.74) is 0.656. The first-order chi connectivity index (χ1) is 8.54. The summed E-state index contributed by atoms with van der Waals surface area (Å²) in [5, 5.41) is 2.91. The number of benzene rings is 1. The summed E-state index contributed by atoms with van der Waals surface area (Å²) in [7, 11) is 0. The molecule has 0 bridgehead atoms. The molecule has 1 amide bonds. The summed E-state index contributed by atoms with van der Waals surface area (Å²) in [6.07, 6.45) is 1.99. The van der Waals surface area contributed by atoms with Crippen molar-refractivity contribution in [2.24, 2.45) is 5.92 Å². The summed E-state index contributed by atoms with van der Waals surface area (Å²) >= 11 is 12.5. The maximum atomic E-state index is 11.9. The first-order valence-corrected chi connectivity index (χ1v) is 7.96. The van der Waals surface area contributed by atoms with Crippen LogP contribution in [-0.2, 0) is 0 Å². The van der Waals surface area contributed by atoms with Gasteiger partial charge in [0.15, 0.2) is 0 Å². The zero-order chi connectivity index (χ0) is 13.5. The van der Waals surface area contributed by atoms with Crippen LogP contribution in [-0.4, -0.2) is 18.3 Å². The van der Waals surface area contributed by atoms with E-state index in [-0.39, 0.29) is 5.91 Å². The van der Waals surface area contributed by atoms with Gasteiger partial charge in [-0.25, -0.2) is 0 Å². The van der Waals surface area contributed by atoms with E-state index in [1.807, 2.05) is 12.1 Å². The Bertz CT molecular complexity index is 412. The summed E-state index contributed by atoms with van der Waals surface area (Å²) in [6.45, 7) is 2.79. The molecule has 0 aliphatic heterocycles. The van der Waals surface area contributed by atoms with Gasteiger partial charge in [-0.15, -0.1) is 11.6 Å². The zero-order valence-electron chi connectivity index (χ0n) is 10.2. The molecule has 1 rings (SSSR count). The number of hydrogen-bond acceptors (Lipinski definition) is 1. The quantitative estimate of drug-likeness (QED) is 0.552. The Hall–Kier alpha value is -0.0600. The highest BCUT2D eigenvalue weighted by Crippen LogP contribution is 2.21. The van der Waals surface area contributed by atoms with Crippen LogP contribution in [0.5, 0.6) is 0 Å². The number of nitrogens with one attached hydrogen (secondary N) is 1. The first-order valence-electron chi connectivity index (χ1n) is 5.83. The molecule has 1 N–H and O–H groups in total. The lowest BCUT2D eigenvalue weighted by atomic mass is 10.1. The average molecular weight is 398 g/mol. The van der Waals surface area contributed by atoms with Crippen molar-refractivity contribution in [3.8, 4) is 0 Å². The summed E-state index contributed by atoms with van der Waals surface area (Å²) in [4.78, 5) is 11.9. The Labute approximate surface area is 130 Å². The third kappa shape index (κ3) is 5.29. The molecule has 0 radical (unpaired) electrons. The minimum absolute atomic E-state index is 0.0482. The lowest BCUT2D eigenvalue weighted by molar-refractivity contribution is 0.0952. The fraction of sp³-hybridized carbons (Fsp3) is 0.462. The van der Waals surface area contributed by atoms with Gasteiger partial charge in [-0.1, -0.05) is 22.9 Å². The molecule has 0 aromatic heterocycles. The predicted molar refractivity (Wildman–Crippen MR) is 83.3 cm³/mol. The van der Waals surface area contributed by atoms with Crippen LogP contribution in [0, 0.1) is 5.92 Å². The van der Waals surface area contributed by atoms with Crippen LogP contribution in [0.3, 0.4) is 0 Å². The van der Waals surface area contributed by atoms with E-state index in [0.717, 1.165) is 21.8 Å². The van der Waals surface area contributed by atoms with Crippen LogP contribution in [0.4, 0.5) is 0 Å². The van der Waals surface area contributed by atoms with Crippen molar-refractivity contribution in [2.45, 2.75) is 19.8 Å². The molecule has 1 aromatic rings. The van der Waals surface area contributed by atoms with Crippen molar-refractivity contribution in [2.75, 3.05) is 12.4 Å². The fourth-order valence-corrected chi connectivity index (χ4v) is 2.88. The van der Waals surface area contributed by atoms with Gasteiger partial charge in [-0.05, 0) is 52.9 Å². The Morgan fingerprint density at radius 2 is 2.17 bits per heavy atom. The molecule has 1 unspecified atom stereocenters. The predicted octanol–water partition coefficient (Wildman–Crippen LogP) is 4.60. The maximum absolute atomic E-state index is 11.9. The largest absolute Gasteiger partial charge is 0.352 e. The lowest BCUT2D eigenvalue weighted by Gasteiger charge is -2.09. The van der Waals surface area contributed by atoms with Gasteiger partial charge in [0.2, 0.25) is 0 Å². The van der Waals surface area contributed by atoms with E-state index < -0.39 is 0 Å². The van der Waals surface area contributed by atoms with Crippen LogP contribution < -0.4 is 5.32 Å². The van der Waals surface area contributed by atoms with Gasteiger partial charge in [-0.2, -0.15) is 0 Å². The number of hydrogen-bond donors (Lipinski definition) is 1. The highest BCUT2D eigenvalue weighted by Gasteiger charge is 2.09. The Kier molecular flexibility index (Phi) is 7.27. The van der Waals surface area contributed by atoms with E-state index in [0.29, 0.717) is 23.9 Å². The van der Waals surface area contributed by atoms with Gasteiger partial charge in [0, 0.05) is 21.4 Å².